The van der Waals surface area contributed by atoms with Gasteiger partial charge in [0.25, 0.3) is 5.91 Å². The molecule has 0 unspecified atom stereocenters. The summed E-state index contributed by atoms with van der Waals surface area (Å²) in [4.78, 5) is 23.7. The first-order valence-corrected chi connectivity index (χ1v) is 9.03. The average Bonchev–Trinajstić information content (AvgIpc) is 3.27. The summed E-state index contributed by atoms with van der Waals surface area (Å²) in [5, 5.41) is 4.85. The number of hydrogen-bond acceptors (Lipinski definition) is 4. The second kappa shape index (κ2) is 9.53. The number of ether oxygens (including phenoxy) is 1. The highest BCUT2D eigenvalue weighted by atomic mass is 16.5. The van der Waals surface area contributed by atoms with Crippen LogP contribution >= 0.6 is 0 Å². The van der Waals surface area contributed by atoms with Crippen molar-refractivity contribution >= 4 is 11.9 Å². The number of nitrogens with one attached hydrogen (secondary N) is 1. The maximum Gasteiger partial charge on any atom is 0.337 e. The highest BCUT2D eigenvalue weighted by Gasteiger charge is 2.21. The molecule has 0 radical (unpaired) electrons. The molecular weight excluding hydrogens is 356 g/mol. The van der Waals surface area contributed by atoms with Crippen LogP contribution in [-0.2, 0) is 16.1 Å². The molecule has 3 aromatic rings. The van der Waals surface area contributed by atoms with E-state index in [-0.39, 0.29) is 24.5 Å². The van der Waals surface area contributed by atoms with Gasteiger partial charge in [-0.1, -0.05) is 42.5 Å². The van der Waals surface area contributed by atoms with E-state index in [0.717, 1.165) is 16.9 Å². The molecule has 1 aromatic heterocycles. The number of methoxy groups -OCH3 is 1. The number of esters is 1. The number of carbonyl (C=O) groups excluding carboxylic acids is 2. The summed E-state index contributed by atoms with van der Waals surface area (Å²) in [5.74, 6) is 0.344. The second-order valence-corrected chi connectivity index (χ2v) is 6.31. The van der Waals surface area contributed by atoms with Crippen molar-refractivity contribution in [3.8, 4) is 0 Å². The largest absolute Gasteiger partial charge is 0.465 e. The Balaban J connectivity index is 1.54. The number of carbonyl (C=O) groups is 2. The quantitative estimate of drug-likeness (QED) is 0.587. The van der Waals surface area contributed by atoms with Gasteiger partial charge in [-0.25, -0.2) is 4.79 Å². The second-order valence-electron chi connectivity index (χ2n) is 6.31. The van der Waals surface area contributed by atoms with Gasteiger partial charge in [0.1, 0.15) is 0 Å². The van der Waals surface area contributed by atoms with E-state index in [0.29, 0.717) is 12.1 Å². The minimum Gasteiger partial charge on any atom is -0.465 e. The van der Waals surface area contributed by atoms with E-state index < -0.39 is 0 Å². The fraction of sp³-hybridized carbons (Fsp3) is 0.182. The number of amides is 1. The van der Waals surface area contributed by atoms with Gasteiger partial charge in [0.15, 0.2) is 18.3 Å². The lowest BCUT2D eigenvalue weighted by Gasteiger charge is -2.14. The van der Waals surface area contributed by atoms with Crippen LogP contribution in [-0.4, -0.2) is 25.5 Å². The molecule has 0 spiro atoms. The molecule has 6 heteroatoms. The highest BCUT2D eigenvalue weighted by Crippen LogP contribution is 2.18. The first kappa shape index (κ1) is 19.4. The van der Waals surface area contributed by atoms with Crippen molar-refractivity contribution < 1.29 is 24.1 Å². The summed E-state index contributed by atoms with van der Waals surface area (Å²) >= 11 is 0. The molecule has 6 nitrogen and oxygen atoms in total. The molecule has 2 aromatic carbocycles. The van der Waals surface area contributed by atoms with Crippen molar-refractivity contribution in [1.29, 1.82) is 0 Å². The van der Waals surface area contributed by atoms with Crippen molar-refractivity contribution in [3.63, 3.8) is 0 Å². The molecule has 0 bridgehead atoms. The maximum absolute atomic E-state index is 12.3. The van der Waals surface area contributed by atoms with E-state index in [1.807, 2.05) is 47.8 Å². The summed E-state index contributed by atoms with van der Waals surface area (Å²) in [5.41, 5.74) is 2.46. The Bertz CT molecular complexity index is 890. The third-order valence-electron chi connectivity index (χ3n) is 4.41. The topological polar surface area (TPSA) is 85.1 Å². The van der Waals surface area contributed by atoms with Gasteiger partial charge >= 0.3 is 5.97 Å². The van der Waals surface area contributed by atoms with Crippen LogP contribution in [0, 0.1) is 0 Å². The normalized spacial score (nSPS) is 11.6. The zero-order valence-electron chi connectivity index (χ0n) is 15.6. The van der Waals surface area contributed by atoms with Crippen molar-refractivity contribution in [2.75, 3.05) is 13.7 Å². The third-order valence-corrected chi connectivity index (χ3v) is 4.41. The van der Waals surface area contributed by atoms with E-state index >= 15 is 0 Å². The predicted molar refractivity (Wildman–Crippen MR) is 103 cm³/mol. The van der Waals surface area contributed by atoms with Gasteiger partial charge in [0, 0.05) is 12.1 Å². The Morgan fingerprint density at radius 1 is 1.04 bits per heavy atom. The molecule has 0 aliphatic carbocycles. The van der Waals surface area contributed by atoms with Crippen LogP contribution in [0.1, 0.15) is 33.3 Å². The van der Waals surface area contributed by atoms with Crippen LogP contribution in [0.4, 0.5) is 0 Å². The van der Waals surface area contributed by atoms with Gasteiger partial charge in [0.05, 0.1) is 18.9 Å². The predicted octanol–water partition coefficient (Wildman–Crippen LogP) is 2.04. The minimum atomic E-state index is -0.380. The lowest BCUT2D eigenvalue weighted by atomic mass is 10.0. The van der Waals surface area contributed by atoms with E-state index in [4.69, 9.17) is 4.42 Å². The van der Waals surface area contributed by atoms with E-state index in [1.54, 1.807) is 30.5 Å². The summed E-state index contributed by atoms with van der Waals surface area (Å²) in [6.07, 6.45) is 1.64. The van der Waals surface area contributed by atoms with Crippen LogP contribution in [0.5, 0.6) is 0 Å². The summed E-state index contributed by atoms with van der Waals surface area (Å²) in [6, 6.07) is 20.6. The van der Waals surface area contributed by atoms with Gasteiger partial charge in [-0.2, -0.15) is 0 Å². The average molecular weight is 379 g/mol. The molecule has 3 rings (SSSR count). The Kier molecular flexibility index (Phi) is 6.59. The zero-order valence-corrected chi connectivity index (χ0v) is 15.6. The summed E-state index contributed by atoms with van der Waals surface area (Å²) in [6.45, 7) is 0.658. The Hall–Kier alpha value is -3.38. The standard InChI is InChI=1S/C22H22N2O4/c1-27-22(26)18-11-9-16(10-12-18)14-23-20(25)15-24-21(19-8-5-13-28-19)17-6-3-2-4-7-17/h2-13,21,24H,14-15H2,1H3,(H,23,25)/p+1/t21-/m0/s1. The third kappa shape index (κ3) is 5.08. The van der Waals surface area contributed by atoms with Crippen molar-refractivity contribution in [2.24, 2.45) is 0 Å². The van der Waals surface area contributed by atoms with Gasteiger partial charge in [-0.3, -0.25) is 4.79 Å². The molecule has 1 amide bonds. The number of furan rings is 1. The fourth-order valence-electron chi connectivity index (χ4n) is 2.92. The monoisotopic (exact) mass is 379 g/mol. The van der Waals surface area contributed by atoms with Crippen molar-refractivity contribution in [1.82, 2.24) is 5.32 Å². The highest BCUT2D eigenvalue weighted by molar-refractivity contribution is 5.89. The van der Waals surface area contributed by atoms with E-state index in [9.17, 15) is 9.59 Å². The van der Waals surface area contributed by atoms with Crippen LogP contribution in [0.15, 0.2) is 77.4 Å². The number of nitrogens with two attached hydrogens (primary N) is 1. The van der Waals surface area contributed by atoms with E-state index in [2.05, 4.69) is 10.1 Å². The number of quaternary nitrogens is 1. The molecule has 0 aliphatic rings. The minimum absolute atomic E-state index is 0.0791. The van der Waals surface area contributed by atoms with Crippen molar-refractivity contribution in [3.05, 3.63) is 95.4 Å². The van der Waals surface area contributed by atoms with Crippen molar-refractivity contribution in [2.45, 2.75) is 12.6 Å². The van der Waals surface area contributed by atoms with Crippen LogP contribution < -0.4 is 10.6 Å². The smallest absolute Gasteiger partial charge is 0.337 e. The molecular formula is C22H23N2O4+. The molecule has 0 saturated heterocycles. The van der Waals surface area contributed by atoms with Crippen LogP contribution in [0.25, 0.3) is 0 Å². The number of hydrogen-bond donors (Lipinski definition) is 2. The Morgan fingerprint density at radius 2 is 1.79 bits per heavy atom. The molecule has 0 aliphatic heterocycles. The van der Waals surface area contributed by atoms with Gasteiger partial charge in [-0.05, 0) is 29.8 Å². The fourth-order valence-corrected chi connectivity index (χ4v) is 2.92. The zero-order chi connectivity index (χ0) is 19.8. The van der Waals surface area contributed by atoms with Crippen LogP contribution in [0.2, 0.25) is 0 Å². The maximum atomic E-state index is 12.3. The molecule has 0 fully saturated rings. The SMILES string of the molecule is COC(=O)c1ccc(CNC(=O)C[NH2+][C@@H](c2ccccc2)c2ccco2)cc1. The Morgan fingerprint density at radius 3 is 2.43 bits per heavy atom. The molecule has 3 N–H and O–H groups in total. The van der Waals surface area contributed by atoms with Gasteiger partial charge < -0.3 is 19.8 Å². The Labute approximate surface area is 163 Å². The molecule has 144 valence electrons. The summed E-state index contributed by atoms with van der Waals surface area (Å²) < 4.78 is 10.2. The summed E-state index contributed by atoms with van der Waals surface area (Å²) in [7, 11) is 1.35. The molecule has 28 heavy (non-hydrogen) atoms. The lowest BCUT2D eigenvalue weighted by Crippen LogP contribution is -2.87. The first-order chi connectivity index (χ1) is 13.7. The molecule has 0 saturated carbocycles. The van der Waals surface area contributed by atoms with E-state index in [1.165, 1.54) is 7.11 Å². The molecule has 1 heterocycles. The number of benzene rings is 2. The molecule has 1 atom stereocenters. The number of rotatable bonds is 8. The van der Waals surface area contributed by atoms with Gasteiger partial charge in [0.2, 0.25) is 0 Å². The first-order valence-electron chi connectivity index (χ1n) is 9.03. The van der Waals surface area contributed by atoms with Gasteiger partial charge in [-0.15, -0.1) is 0 Å². The van der Waals surface area contributed by atoms with Crippen LogP contribution in [0.3, 0.4) is 0 Å². The lowest BCUT2D eigenvalue weighted by molar-refractivity contribution is -0.678.